The van der Waals surface area contributed by atoms with E-state index in [2.05, 4.69) is 0 Å². The molecule has 0 aliphatic heterocycles. The zero-order valence-corrected chi connectivity index (χ0v) is 27.4. The van der Waals surface area contributed by atoms with Crippen molar-refractivity contribution >= 4 is 87.5 Å². The molecule has 0 radical (unpaired) electrons. The molecule has 0 bridgehead atoms. The first-order valence-corrected chi connectivity index (χ1v) is 10.3. The Morgan fingerprint density at radius 2 is 0.457 bits per heavy atom. The predicted molar refractivity (Wildman–Crippen MR) is 111 cm³/mol. The zero-order chi connectivity index (χ0) is 27.2. The van der Waals surface area contributed by atoms with Gasteiger partial charge in [-0.05, 0) is 38.5 Å². The van der Waals surface area contributed by atoms with Crippen LogP contribution in [0.3, 0.4) is 0 Å². The number of carbonyl (C=O) groups excluding carboxylic acids is 6. The van der Waals surface area contributed by atoms with Crippen molar-refractivity contribution in [3.63, 3.8) is 0 Å². The minimum Gasteiger partial charge on any atom is -0.549 e. The van der Waals surface area contributed by atoms with Gasteiger partial charge in [-0.25, -0.2) is 0 Å². The van der Waals surface area contributed by atoms with E-state index < -0.39 is 52.1 Å². The summed E-state index contributed by atoms with van der Waals surface area (Å²) in [4.78, 5) is 62.4. The standard InChI is InChI=1S/3C7H12O4.2In/c3*1-3-7(4-2,5(8)9)6(10)11;;/h3*3-4H2,1-2H3,(H,8,9)(H,10,11);;/q;;;2*+3/p-6. The molecule has 0 rings (SSSR count). The molecule has 0 aromatic rings. The quantitative estimate of drug-likeness (QED) is 0.173. The first-order valence-electron chi connectivity index (χ1n) is 10.3. The predicted octanol–water partition coefficient (Wildman–Crippen LogP) is -5.88. The van der Waals surface area contributed by atoms with Crippen molar-refractivity contribution < 1.29 is 59.4 Å². The first-order chi connectivity index (χ1) is 15.0. The number of hydrogen-bond acceptors (Lipinski definition) is 12. The number of carboxylic acids is 6. The van der Waals surface area contributed by atoms with Crippen molar-refractivity contribution in [2.75, 3.05) is 0 Å². The molecule has 0 saturated carbocycles. The van der Waals surface area contributed by atoms with Crippen molar-refractivity contribution in [3.05, 3.63) is 0 Å². The third-order valence-electron chi connectivity index (χ3n) is 5.97. The maximum atomic E-state index is 10.4. The van der Waals surface area contributed by atoms with Crippen LogP contribution in [0.4, 0.5) is 0 Å². The van der Waals surface area contributed by atoms with E-state index in [4.69, 9.17) is 0 Å². The molecule has 0 N–H and O–H groups in total. The smallest absolute Gasteiger partial charge is 0.549 e. The maximum Gasteiger partial charge on any atom is 3.00 e. The van der Waals surface area contributed by atoms with E-state index in [0.717, 1.165) is 0 Å². The van der Waals surface area contributed by atoms with Gasteiger partial charge in [-0.3, -0.25) is 0 Å². The van der Waals surface area contributed by atoms with Crippen LogP contribution in [0.25, 0.3) is 0 Å². The Labute approximate surface area is 242 Å². The van der Waals surface area contributed by atoms with Gasteiger partial charge in [0.1, 0.15) is 0 Å². The van der Waals surface area contributed by atoms with Crippen LogP contribution in [-0.2, 0) is 28.8 Å². The van der Waals surface area contributed by atoms with Gasteiger partial charge in [0.25, 0.3) is 0 Å². The molecule has 0 aromatic carbocycles. The number of hydrogen-bond donors (Lipinski definition) is 0. The molecule has 0 aliphatic carbocycles. The molecule has 0 fully saturated rings. The van der Waals surface area contributed by atoms with Gasteiger partial charge in [0, 0.05) is 16.2 Å². The fourth-order valence-corrected chi connectivity index (χ4v) is 2.73. The normalized spacial score (nSPS) is 10.5. The van der Waals surface area contributed by atoms with Crippen molar-refractivity contribution in [2.24, 2.45) is 16.2 Å². The third kappa shape index (κ3) is 11.0. The third-order valence-corrected chi connectivity index (χ3v) is 5.97. The van der Waals surface area contributed by atoms with Crippen LogP contribution in [0.5, 0.6) is 0 Å². The Hall–Kier alpha value is -1.44. The van der Waals surface area contributed by atoms with Gasteiger partial charge in [0.2, 0.25) is 0 Å². The molecule has 14 heteroatoms. The molecular formula is C21H30In2O12. The topological polar surface area (TPSA) is 241 Å². The van der Waals surface area contributed by atoms with Crippen LogP contribution < -0.4 is 30.6 Å². The summed E-state index contributed by atoms with van der Waals surface area (Å²) in [6.45, 7) is 8.89. The number of carbonyl (C=O) groups is 6. The molecular weight excluding hydrogens is 674 g/mol. The van der Waals surface area contributed by atoms with Gasteiger partial charge in [0.05, 0.1) is 35.8 Å². The van der Waals surface area contributed by atoms with Gasteiger partial charge in [-0.2, -0.15) is 0 Å². The van der Waals surface area contributed by atoms with E-state index in [1.165, 1.54) is 41.5 Å². The number of carboxylic acid groups (broad SMARTS) is 6. The minimum atomic E-state index is -1.81. The van der Waals surface area contributed by atoms with Crippen molar-refractivity contribution in [1.82, 2.24) is 0 Å². The fraction of sp³-hybridized carbons (Fsp3) is 0.714. The summed E-state index contributed by atoms with van der Waals surface area (Å²) < 4.78 is 0. The molecule has 0 unspecified atom stereocenters. The van der Waals surface area contributed by atoms with E-state index in [0.29, 0.717) is 0 Å². The summed E-state index contributed by atoms with van der Waals surface area (Å²) in [5.74, 6) is -9.40. The summed E-state index contributed by atoms with van der Waals surface area (Å²) in [6.07, 6.45) is -0.0347. The number of rotatable bonds is 12. The second-order valence-corrected chi connectivity index (χ2v) is 7.09. The van der Waals surface area contributed by atoms with Gasteiger partial charge >= 0.3 is 51.7 Å². The molecule has 12 nitrogen and oxygen atoms in total. The molecule has 0 saturated heterocycles. The maximum absolute atomic E-state index is 10.4. The largest absolute Gasteiger partial charge is 3.00 e. The molecule has 0 aliphatic rings. The Morgan fingerprint density at radius 1 is 0.371 bits per heavy atom. The molecule has 0 aromatic heterocycles. The van der Waals surface area contributed by atoms with E-state index in [9.17, 15) is 59.4 Å². The average molecular weight is 704 g/mol. The summed E-state index contributed by atoms with van der Waals surface area (Å²) in [7, 11) is 0. The summed E-state index contributed by atoms with van der Waals surface area (Å²) in [6, 6.07) is 0. The van der Waals surface area contributed by atoms with Crippen molar-refractivity contribution in [3.8, 4) is 0 Å². The van der Waals surface area contributed by atoms with Crippen LogP contribution in [0, 0.1) is 16.2 Å². The number of aliphatic carboxylic acids is 6. The summed E-state index contributed by atoms with van der Waals surface area (Å²) >= 11 is 0. The van der Waals surface area contributed by atoms with E-state index in [1.54, 1.807) is 0 Å². The van der Waals surface area contributed by atoms with Gasteiger partial charge in [0.15, 0.2) is 0 Å². The Bertz CT molecular complexity index is 566. The minimum absolute atomic E-state index is 0. The SMILES string of the molecule is CCC(CC)(C(=O)[O-])C(=O)[O-].CCC(CC)(C(=O)[O-])C(=O)[O-].CCC(CC)(C(=O)[O-])C(=O)[O-].[In+3].[In+3]. The molecule has 0 spiro atoms. The molecule has 192 valence electrons. The molecule has 0 amide bonds. The van der Waals surface area contributed by atoms with Crippen molar-refractivity contribution in [2.45, 2.75) is 80.1 Å². The Kier molecular flexibility index (Phi) is 24.6. The van der Waals surface area contributed by atoms with Crippen LogP contribution in [-0.4, -0.2) is 87.5 Å². The van der Waals surface area contributed by atoms with Crippen LogP contribution >= 0.6 is 0 Å². The average Bonchev–Trinajstić information content (AvgIpc) is 2.71. The monoisotopic (exact) mass is 704 g/mol. The van der Waals surface area contributed by atoms with E-state index in [-0.39, 0.29) is 90.2 Å². The van der Waals surface area contributed by atoms with Crippen LogP contribution in [0.15, 0.2) is 0 Å². The van der Waals surface area contributed by atoms with Crippen molar-refractivity contribution in [1.29, 1.82) is 0 Å². The second kappa shape index (κ2) is 19.7. The zero-order valence-electron chi connectivity index (χ0n) is 20.8. The summed E-state index contributed by atoms with van der Waals surface area (Å²) in [5, 5.41) is 62.4. The Morgan fingerprint density at radius 3 is 0.457 bits per heavy atom. The molecule has 0 heterocycles. The van der Waals surface area contributed by atoms with Gasteiger partial charge < -0.3 is 59.4 Å². The van der Waals surface area contributed by atoms with E-state index in [1.807, 2.05) is 0 Å². The summed E-state index contributed by atoms with van der Waals surface area (Å²) in [5.41, 5.74) is -5.42. The van der Waals surface area contributed by atoms with Gasteiger partial charge in [-0.1, -0.05) is 41.5 Å². The van der Waals surface area contributed by atoms with Crippen LogP contribution in [0.2, 0.25) is 0 Å². The first kappa shape index (κ1) is 43.6. The van der Waals surface area contributed by atoms with E-state index >= 15 is 0 Å². The molecule has 0 atom stereocenters. The fourth-order valence-electron chi connectivity index (χ4n) is 2.73. The second-order valence-electron chi connectivity index (χ2n) is 7.09. The van der Waals surface area contributed by atoms with Gasteiger partial charge in [-0.15, -0.1) is 0 Å². The molecule has 35 heavy (non-hydrogen) atoms. The van der Waals surface area contributed by atoms with Crippen LogP contribution in [0.1, 0.15) is 80.1 Å². The Balaban J connectivity index is -0.000000125.